The van der Waals surface area contributed by atoms with E-state index in [9.17, 15) is 0 Å². The Labute approximate surface area is 98.0 Å². The molecule has 1 atom stereocenters. The maximum atomic E-state index is 5.47. The highest BCUT2D eigenvalue weighted by Crippen LogP contribution is 2.14. The van der Waals surface area contributed by atoms with Crippen molar-refractivity contribution < 1.29 is 4.74 Å². The van der Waals surface area contributed by atoms with Crippen molar-refractivity contribution in [1.29, 1.82) is 0 Å². The van der Waals surface area contributed by atoms with Crippen LogP contribution in [0.1, 0.15) is 29.5 Å². The zero-order chi connectivity index (χ0) is 11.4. The number of aryl methyl sites for hydroxylation is 2. The lowest BCUT2D eigenvalue weighted by atomic mass is 10.0. The summed E-state index contributed by atoms with van der Waals surface area (Å²) in [5.74, 6) is 0. The van der Waals surface area contributed by atoms with Crippen LogP contribution >= 0.6 is 0 Å². The lowest BCUT2D eigenvalue weighted by Gasteiger charge is -2.24. The van der Waals surface area contributed by atoms with Crippen LogP contribution in [0.4, 0.5) is 0 Å². The van der Waals surface area contributed by atoms with E-state index in [0.29, 0.717) is 6.04 Å². The summed E-state index contributed by atoms with van der Waals surface area (Å²) in [5.41, 5.74) is 4.20. The molecule has 1 aromatic carbocycles. The SMILES string of the molecule is Cc1cccc(C)c1CNC1CCCOC1. The molecule has 1 heterocycles. The third kappa shape index (κ3) is 2.83. The molecular formula is C14H21NO. The van der Waals surface area contributed by atoms with Crippen LogP contribution in [0.5, 0.6) is 0 Å². The molecule has 1 N–H and O–H groups in total. The summed E-state index contributed by atoms with van der Waals surface area (Å²) >= 11 is 0. The zero-order valence-corrected chi connectivity index (χ0v) is 10.3. The number of benzene rings is 1. The molecule has 0 aromatic heterocycles. The van der Waals surface area contributed by atoms with Gasteiger partial charge in [0.15, 0.2) is 0 Å². The number of hydrogen-bond acceptors (Lipinski definition) is 2. The highest BCUT2D eigenvalue weighted by Gasteiger charge is 2.13. The molecule has 0 aliphatic carbocycles. The molecule has 0 amide bonds. The van der Waals surface area contributed by atoms with Crippen LogP contribution in [-0.2, 0) is 11.3 Å². The Balaban J connectivity index is 1.93. The second kappa shape index (κ2) is 5.46. The Morgan fingerprint density at radius 2 is 2.06 bits per heavy atom. The lowest BCUT2D eigenvalue weighted by Crippen LogP contribution is -2.36. The molecular weight excluding hydrogens is 198 g/mol. The average Bonchev–Trinajstić information content (AvgIpc) is 2.30. The highest BCUT2D eigenvalue weighted by atomic mass is 16.5. The summed E-state index contributed by atoms with van der Waals surface area (Å²) in [6.45, 7) is 7.13. The third-order valence-electron chi connectivity index (χ3n) is 3.37. The van der Waals surface area contributed by atoms with Crippen molar-refractivity contribution >= 4 is 0 Å². The topological polar surface area (TPSA) is 21.3 Å². The monoisotopic (exact) mass is 219 g/mol. The number of hydrogen-bond donors (Lipinski definition) is 1. The minimum atomic E-state index is 0.535. The van der Waals surface area contributed by atoms with Crippen molar-refractivity contribution in [1.82, 2.24) is 5.32 Å². The van der Waals surface area contributed by atoms with Gasteiger partial charge in [-0.05, 0) is 43.4 Å². The quantitative estimate of drug-likeness (QED) is 0.843. The molecule has 1 saturated heterocycles. The largest absolute Gasteiger partial charge is 0.380 e. The van der Waals surface area contributed by atoms with Crippen molar-refractivity contribution in [2.24, 2.45) is 0 Å². The van der Waals surface area contributed by atoms with Gasteiger partial charge in [0.25, 0.3) is 0 Å². The fraction of sp³-hybridized carbons (Fsp3) is 0.571. The summed E-state index contributed by atoms with van der Waals surface area (Å²) in [6.07, 6.45) is 2.43. The first-order chi connectivity index (χ1) is 7.77. The van der Waals surface area contributed by atoms with E-state index in [2.05, 4.69) is 37.4 Å². The Kier molecular flexibility index (Phi) is 3.97. The fourth-order valence-electron chi connectivity index (χ4n) is 2.28. The second-order valence-corrected chi connectivity index (χ2v) is 4.67. The minimum Gasteiger partial charge on any atom is -0.380 e. The van der Waals surface area contributed by atoms with E-state index in [1.807, 2.05) is 0 Å². The first-order valence-corrected chi connectivity index (χ1v) is 6.13. The predicted molar refractivity (Wildman–Crippen MR) is 66.6 cm³/mol. The summed E-state index contributed by atoms with van der Waals surface area (Å²) < 4.78 is 5.47. The summed E-state index contributed by atoms with van der Waals surface area (Å²) in [7, 11) is 0. The van der Waals surface area contributed by atoms with Gasteiger partial charge in [0.1, 0.15) is 0 Å². The summed E-state index contributed by atoms with van der Waals surface area (Å²) in [6, 6.07) is 7.02. The summed E-state index contributed by atoms with van der Waals surface area (Å²) in [4.78, 5) is 0. The molecule has 16 heavy (non-hydrogen) atoms. The van der Waals surface area contributed by atoms with Gasteiger partial charge in [0.2, 0.25) is 0 Å². The van der Waals surface area contributed by atoms with Gasteiger partial charge in [-0.15, -0.1) is 0 Å². The Morgan fingerprint density at radius 3 is 2.69 bits per heavy atom. The molecule has 2 rings (SSSR count). The van der Waals surface area contributed by atoms with Gasteiger partial charge in [0, 0.05) is 19.2 Å². The van der Waals surface area contributed by atoms with Crippen molar-refractivity contribution in [3.8, 4) is 0 Å². The normalized spacial score (nSPS) is 21.0. The Hall–Kier alpha value is -0.860. The smallest absolute Gasteiger partial charge is 0.0619 e. The highest BCUT2D eigenvalue weighted by molar-refractivity contribution is 5.33. The van der Waals surface area contributed by atoms with Gasteiger partial charge >= 0.3 is 0 Å². The minimum absolute atomic E-state index is 0.535. The van der Waals surface area contributed by atoms with Crippen LogP contribution in [0.25, 0.3) is 0 Å². The molecule has 1 unspecified atom stereocenters. The van der Waals surface area contributed by atoms with Gasteiger partial charge in [0.05, 0.1) is 6.61 Å². The summed E-state index contributed by atoms with van der Waals surface area (Å²) in [5, 5.41) is 3.59. The maximum Gasteiger partial charge on any atom is 0.0619 e. The molecule has 0 radical (unpaired) electrons. The maximum absolute atomic E-state index is 5.47. The van der Waals surface area contributed by atoms with E-state index in [1.165, 1.54) is 29.5 Å². The molecule has 1 aromatic rings. The molecule has 1 fully saturated rings. The zero-order valence-electron chi connectivity index (χ0n) is 10.3. The first kappa shape index (κ1) is 11.6. The third-order valence-corrected chi connectivity index (χ3v) is 3.37. The van der Waals surface area contributed by atoms with Crippen molar-refractivity contribution in [3.05, 3.63) is 34.9 Å². The molecule has 2 heteroatoms. The van der Waals surface area contributed by atoms with Crippen molar-refractivity contribution in [2.75, 3.05) is 13.2 Å². The molecule has 1 aliphatic heterocycles. The molecule has 1 aliphatic rings. The van der Waals surface area contributed by atoms with Gasteiger partial charge in [-0.2, -0.15) is 0 Å². The molecule has 0 saturated carbocycles. The first-order valence-electron chi connectivity index (χ1n) is 6.13. The molecule has 88 valence electrons. The van der Waals surface area contributed by atoms with E-state index in [4.69, 9.17) is 4.74 Å². The average molecular weight is 219 g/mol. The van der Waals surface area contributed by atoms with Crippen LogP contribution in [0.3, 0.4) is 0 Å². The van der Waals surface area contributed by atoms with Crippen LogP contribution in [-0.4, -0.2) is 19.3 Å². The van der Waals surface area contributed by atoms with E-state index in [1.54, 1.807) is 0 Å². The standard InChI is InChI=1S/C14H21NO/c1-11-5-3-6-12(2)14(11)9-15-13-7-4-8-16-10-13/h3,5-6,13,15H,4,7-10H2,1-2H3. The van der Waals surface area contributed by atoms with Gasteiger partial charge < -0.3 is 10.1 Å². The van der Waals surface area contributed by atoms with Crippen LogP contribution < -0.4 is 5.32 Å². The predicted octanol–water partition coefficient (Wildman–Crippen LogP) is 2.57. The van der Waals surface area contributed by atoms with Gasteiger partial charge in [-0.1, -0.05) is 18.2 Å². The lowest BCUT2D eigenvalue weighted by molar-refractivity contribution is 0.0699. The van der Waals surface area contributed by atoms with E-state index in [-0.39, 0.29) is 0 Å². The number of rotatable bonds is 3. The van der Waals surface area contributed by atoms with Crippen LogP contribution in [0.15, 0.2) is 18.2 Å². The Morgan fingerprint density at radius 1 is 1.31 bits per heavy atom. The van der Waals surface area contributed by atoms with Crippen LogP contribution in [0.2, 0.25) is 0 Å². The fourth-order valence-corrected chi connectivity index (χ4v) is 2.28. The van der Waals surface area contributed by atoms with Gasteiger partial charge in [-0.3, -0.25) is 0 Å². The number of nitrogens with one attached hydrogen (secondary N) is 1. The molecule has 0 spiro atoms. The Bertz CT molecular complexity index is 322. The second-order valence-electron chi connectivity index (χ2n) is 4.67. The van der Waals surface area contributed by atoms with Crippen LogP contribution in [0, 0.1) is 13.8 Å². The van der Waals surface area contributed by atoms with Gasteiger partial charge in [-0.25, -0.2) is 0 Å². The molecule has 0 bridgehead atoms. The van der Waals surface area contributed by atoms with Crippen molar-refractivity contribution in [2.45, 2.75) is 39.3 Å². The molecule has 2 nitrogen and oxygen atoms in total. The van der Waals surface area contributed by atoms with E-state index >= 15 is 0 Å². The van der Waals surface area contributed by atoms with E-state index < -0.39 is 0 Å². The van der Waals surface area contributed by atoms with Crippen molar-refractivity contribution in [3.63, 3.8) is 0 Å². The number of ether oxygens (including phenoxy) is 1. The van der Waals surface area contributed by atoms with E-state index in [0.717, 1.165) is 19.8 Å².